The summed E-state index contributed by atoms with van der Waals surface area (Å²) in [5.41, 5.74) is 2.48. The SMILES string of the molecule is Cc1ccc(C(O)c2c(Br)cnn2CCN(C)C)c(Cl)c1. The van der Waals surface area contributed by atoms with Crippen molar-refractivity contribution in [3.63, 3.8) is 0 Å². The van der Waals surface area contributed by atoms with E-state index in [0.717, 1.165) is 22.3 Å². The summed E-state index contributed by atoms with van der Waals surface area (Å²) in [7, 11) is 4.01. The number of aliphatic hydroxyl groups excluding tert-OH is 1. The quantitative estimate of drug-likeness (QED) is 0.876. The molecule has 2 rings (SSSR count). The van der Waals surface area contributed by atoms with Crippen LogP contribution in [0.5, 0.6) is 0 Å². The molecule has 4 nitrogen and oxygen atoms in total. The minimum absolute atomic E-state index is 0.565. The van der Waals surface area contributed by atoms with E-state index in [0.29, 0.717) is 17.1 Å². The number of likely N-dealkylation sites (N-methyl/N-ethyl adjacent to an activating group) is 1. The molecule has 1 N–H and O–H groups in total. The zero-order valence-corrected chi connectivity index (χ0v) is 14.7. The minimum Gasteiger partial charge on any atom is -0.382 e. The van der Waals surface area contributed by atoms with Crippen LogP contribution in [0.1, 0.15) is 22.9 Å². The molecule has 114 valence electrons. The fourth-order valence-corrected chi connectivity index (χ4v) is 2.97. The van der Waals surface area contributed by atoms with Gasteiger partial charge in [0.05, 0.1) is 22.9 Å². The van der Waals surface area contributed by atoms with Crippen molar-refractivity contribution in [2.75, 3.05) is 20.6 Å². The predicted octanol–water partition coefficient (Wildman–Crippen LogP) is 3.25. The van der Waals surface area contributed by atoms with E-state index in [1.807, 2.05) is 43.9 Å². The predicted molar refractivity (Wildman–Crippen MR) is 88.7 cm³/mol. The zero-order chi connectivity index (χ0) is 15.6. The first-order chi connectivity index (χ1) is 9.90. The van der Waals surface area contributed by atoms with Gasteiger partial charge in [0.15, 0.2) is 0 Å². The molecule has 0 fully saturated rings. The molecule has 2 aromatic rings. The maximum Gasteiger partial charge on any atom is 0.123 e. The van der Waals surface area contributed by atoms with Gasteiger partial charge >= 0.3 is 0 Å². The highest BCUT2D eigenvalue weighted by atomic mass is 79.9. The van der Waals surface area contributed by atoms with Gasteiger partial charge in [-0.15, -0.1) is 0 Å². The van der Waals surface area contributed by atoms with Crippen LogP contribution in [-0.2, 0) is 6.54 Å². The van der Waals surface area contributed by atoms with Crippen molar-refractivity contribution in [1.82, 2.24) is 14.7 Å². The molecule has 21 heavy (non-hydrogen) atoms. The van der Waals surface area contributed by atoms with Gasteiger partial charge in [0.25, 0.3) is 0 Å². The number of aromatic nitrogens is 2. The number of aryl methyl sites for hydroxylation is 1. The Hall–Kier alpha value is -0.880. The maximum absolute atomic E-state index is 10.7. The first-order valence-corrected chi connectivity index (χ1v) is 7.87. The molecule has 0 spiro atoms. The van der Waals surface area contributed by atoms with Crippen LogP contribution in [0.4, 0.5) is 0 Å². The highest BCUT2D eigenvalue weighted by molar-refractivity contribution is 9.10. The summed E-state index contributed by atoms with van der Waals surface area (Å²) in [5, 5.41) is 15.6. The van der Waals surface area contributed by atoms with E-state index in [2.05, 4.69) is 25.9 Å². The molecule has 0 aliphatic carbocycles. The Morgan fingerprint density at radius 2 is 2.14 bits per heavy atom. The second-order valence-electron chi connectivity index (χ2n) is 5.33. The van der Waals surface area contributed by atoms with Crippen molar-refractivity contribution < 1.29 is 5.11 Å². The summed E-state index contributed by atoms with van der Waals surface area (Å²) in [6.07, 6.45) is 0.896. The van der Waals surface area contributed by atoms with E-state index >= 15 is 0 Å². The van der Waals surface area contributed by atoms with Gasteiger partial charge in [0, 0.05) is 17.1 Å². The summed E-state index contributed by atoms with van der Waals surface area (Å²) >= 11 is 9.72. The average molecular weight is 373 g/mol. The monoisotopic (exact) mass is 371 g/mol. The van der Waals surface area contributed by atoms with Crippen molar-refractivity contribution >= 4 is 27.5 Å². The van der Waals surface area contributed by atoms with Crippen LogP contribution in [0.25, 0.3) is 0 Å². The average Bonchev–Trinajstić information content (AvgIpc) is 2.77. The van der Waals surface area contributed by atoms with E-state index < -0.39 is 6.10 Å². The Kier molecular flexibility index (Phi) is 5.43. The minimum atomic E-state index is -0.808. The van der Waals surface area contributed by atoms with E-state index in [1.165, 1.54) is 0 Å². The number of halogens is 2. The van der Waals surface area contributed by atoms with E-state index in [4.69, 9.17) is 11.6 Å². The second kappa shape index (κ2) is 6.92. The zero-order valence-electron chi connectivity index (χ0n) is 12.3. The maximum atomic E-state index is 10.7. The molecule has 0 aliphatic heterocycles. The first kappa shape index (κ1) is 16.5. The van der Waals surface area contributed by atoms with Crippen LogP contribution in [0, 0.1) is 6.92 Å². The molecule has 1 aromatic heterocycles. The lowest BCUT2D eigenvalue weighted by atomic mass is 10.0. The number of nitrogens with zero attached hydrogens (tertiary/aromatic N) is 3. The Morgan fingerprint density at radius 1 is 1.43 bits per heavy atom. The number of aliphatic hydroxyl groups is 1. The van der Waals surface area contributed by atoms with Crippen LogP contribution >= 0.6 is 27.5 Å². The van der Waals surface area contributed by atoms with Crippen molar-refractivity contribution in [2.45, 2.75) is 19.6 Å². The number of benzene rings is 1. The molecule has 0 amide bonds. The highest BCUT2D eigenvalue weighted by Gasteiger charge is 2.21. The molecule has 1 aromatic carbocycles. The summed E-state index contributed by atoms with van der Waals surface area (Å²) in [6.45, 7) is 3.52. The molecule has 0 bridgehead atoms. The Labute approximate surface area is 138 Å². The van der Waals surface area contributed by atoms with Gasteiger partial charge in [0.2, 0.25) is 0 Å². The second-order valence-corrected chi connectivity index (χ2v) is 6.59. The molecule has 1 unspecified atom stereocenters. The Bertz CT molecular complexity index is 627. The molecular formula is C15H19BrClN3O. The van der Waals surface area contributed by atoms with Crippen molar-refractivity contribution in [2.24, 2.45) is 0 Å². The fourth-order valence-electron chi connectivity index (χ4n) is 2.12. The lowest BCUT2D eigenvalue weighted by molar-refractivity contribution is 0.205. The molecule has 1 atom stereocenters. The van der Waals surface area contributed by atoms with Gasteiger partial charge in [-0.2, -0.15) is 5.10 Å². The molecule has 0 radical (unpaired) electrons. The lowest BCUT2D eigenvalue weighted by Gasteiger charge is -2.17. The molecule has 0 saturated carbocycles. The van der Waals surface area contributed by atoms with Crippen LogP contribution in [0.2, 0.25) is 5.02 Å². The van der Waals surface area contributed by atoms with Crippen molar-refractivity contribution in [3.8, 4) is 0 Å². The Morgan fingerprint density at radius 3 is 2.76 bits per heavy atom. The highest BCUT2D eigenvalue weighted by Crippen LogP contribution is 2.32. The van der Waals surface area contributed by atoms with Gasteiger partial charge in [0.1, 0.15) is 6.10 Å². The number of hydrogen-bond acceptors (Lipinski definition) is 3. The van der Waals surface area contributed by atoms with E-state index in [9.17, 15) is 5.11 Å². The third kappa shape index (κ3) is 3.86. The summed E-state index contributed by atoms with van der Waals surface area (Å²) in [6, 6.07) is 5.66. The van der Waals surface area contributed by atoms with E-state index in [-0.39, 0.29) is 0 Å². The fraction of sp³-hybridized carbons (Fsp3) is 0.400. The van der Waals surface area contributed by atoms with Crippen molar-refractivity contribution in [1.29, 1.82) is 0 Å². The van der Waals surface area contributed by atoms with Crippen LogP contribution in [0.15, 0.2) is 28.9 Å². The third-order valence-electron chi connectivity index (χ3n) is 3.30. The van der Waals surface area contributed by atoms with Gasteiger partial charge in [-0.05, 0) is 48.6 Å². The lowest BCUT2D eigenvalue weighted by Crippen LogP contribution is -2.21. The molecule has 0 saturated heterocycles. The van der Waals surface area contributed by atoms with Gasteiger partial charge in [-0.25, -0.2) is 0 Å². The smallest absolute Gasteiger partial charge is 0.123 e. The van der Waals surface area contributed by atoms with Crippen LogP contribution in [0.3, 0.4) is 0 Å². The number of hydrogen-bond donors (Lipinski definition) is 1. The molecular weight excluding hydrogens is 354 g/mol. The van der Waals surface area contributed by atoms with Crippen molar-refractivity contribution in [3.05, 3.63) is 50.7 Å². The van der Waals surface area contributed by atoms with Gasteiger partial charge in [-0.1, -0.05) is 23.7 Å². The van der Waals surface area contributed by atoms with Gasteiger partial charge < -0.3 is 10.0 Å². The summed E-state index contributed by atoms with van der Waals surface area (Å²) in [4.78, 5) is 2.07. The van der Waals surface area contributed by atoms with Gasteiger partial charge in [-0.3, -0.25) is 4.68 Å². The first-order valence-electron chi connectivity index (χ1n) is 6.70. The molecule has 6 heteroatoms. The molecule has 1 heterocycles. The number of rotatable bonds is 5. The summed E-state index contributed by atoms with van der Waals surface area (Å²) in [5.74, 6) is 0. The molecule has 0 aliphatic rings. The van der Waals surface area contributed by atoms with Crippen LogP contribution in [-0.4, -0.2) is 40.4 Å². The largest absolute Gasteiger partial charge is 0.382 e. The summed E-state index contributed by atoms with van der Waals surface area (Å²) < 4.78 is 2.59. The van der Waals surface area contributed by atoms with E-state index in [1.54, 1.807) is 6.20 Å². The third-order valence-corrected chi connectivity index (χ3v) is 4.24. The topological polar surface area (TPSA) is 41.3 Å². The standard InChI is InChI=1S/C15H19BrClN3O/c1-10-4-5-11(13(17)8-10)15(21)14-12(16)9-18-20(14)7-6-19(2)3/h4-5,8-9,15,21H,6-7H2,1-3H3. The normalized spacial score (nSPS) is 12.9. The van der Waals surface area contributed by atoms with Crippen LogP contribution < -0.4 is 0 Å². The Balaban J connectivity index is 2.34.